The molecule has 1 aromatic carbocycles. The second-order valence-electron chi connectivity index (χ2n) is 3.08. The molecule has 0 atom stereocenters. The lowest BCUT2D eigenvalue weighted by Gasteiger charge is -2.09. The van der Waals surface area contributed by atoms with Crippen LogP contribution in [0.3, 0.4) is 0 Å². The van der Waals surface area contributed by atoms with E-state index in [1.165, 1.54) is 5.48 Å². The maximum Gasteiger partial charge on any atom is 0.414 e. The molecule has 0 bridgehead atoms. The first-order valence-electron chi connectivity index (χ1n) is 4.34. The Morgan fingerprint density at radius 3 is 2.44 bits per heavy atom. The van der Waals surface area contributed by atoms with Crippen molar-refractivity contribution >= 4 is 17.5 Å². The molecule has 100 valence electrons. The van der Waals surface area contributed by atoms with Crippen LogP contribution >= 0.6 is 11.6 Å². The van der Waals surface area contributed by atoms with Crippen LogP contribution in [0.1, 0.15) is 10.4 Å². The number of halogens is 6. The smallest absolute Gasteiger partial charge is 0.267 e. The Morgan fingerprint density at radius 1 is 1.28 bits per heavy atom. The third kappa shape index (κ3) is 4.11. The van der Waals surface area contributed by atoms with Crippen molar-refractivity contribution in [2.24, 2.45) is 0 Å². The van der Waals surface area contributed by atoms with Crippen molar-refractivity contribution in [3.63, 3.8) is 0 Å². The molecule has 0 aromatic heterocycles. The van der Waals surface area contributed by atoms with Gasteiger partial charge in [-0.05, 0) is 12.1 Å². The van der Waals surface area contributed by atoms with E-state index in [2.05, 4.69) is 4.84 Å². The number of amides is 1. The molecular weight excluding hydrogens is 285 g/mol. The second-order valence-corrected chi connectivity index (χ2v) is 3.49. The molecule has 0 heterocycles. The number of hydrogen-bond donors (Lipinski definition) is 1. The van der Waals surface area contributed by atoms with Crippen LogP contribution in [0, 0.1) is 11.6 Å². The summed E-state index contributed by atoms with van der Waals surface area (Å²) in [6, 6.07) is 0.972. The number of carbonyl (C=O) groups excluding carboxylic acids is 1. The third-order valence-electron chi connectivity index (χ3n) is 1.66. The highest BCUT2D eigenvalue weighted by Gasteiger charge is 2.28. The first-order chi connectivity index (χ1) is 8.20. The minimum Gasteiger partial charge on any atom is -0.267 e. The number of benzene rings is 1. The lowest BCUT2D eigenvalue weighted by atomic mass is 10.2. The zero-order valence-corrected chi connectivity index (χ0v) is 9.20. The highest BCUT2D eigenvalue weighted by molar-refractivity contribution is 6.30. The van der Waals surface area contributed by atoms with Gasteiger partial charge in [0.15, 0.2) is 6.61 Å². The Morgan fingerprint density at radius 2 is 1.89 bits per heavy atom. The van der Waals surface area contributed by atoms with Gasteiger partial charge in [0.25, 0.3) is 5.91 Å². The van der Waals surface area contributed by atoms with Gasteiger partial charge in [0, 0.05) is 0 Å². The molecule has 1 rings (SSSR count). The van der Waals surface area contributed by atoms with Crippen molar-refractivity contribution in [2.75, 3.05) is 6.61 Å². The van der Waals surface area contributed by atoms with Crippen molar-refractivity contribution in [1.82, 2.24) is 5.48 Å². The van der Waals surface area contributed by atoms with Crippen LogP contribution in [0.2, 0.25) is 5.02 Å². The molecule has 0 saturated carbocycles. The van der Waals surface area contributed by atoms with E-state index in [-0.39, 0.29) is 0 Å². The van der Waals surface area contributed by atoms with Crippen molar-refractivity contribution in [1.29, 1.82) is 0 Å². The van der Waals surface area contributed by atoms with Gasteiger partial charge in [-0.3, -0.25) is 9.63 Å². The third-order valence-corrected chi connectivity index (χ3v) is 1.94. The molecule has 0 unspecified atom stereocenters. The fourth-order valence-corrected chi connectivity index (χ4v) is 1.09. The predicted molar refractivity (Wildman–Crippen MR) is 50.8 cm³/mol. The molecule has 1 N–H and O–H groups in total. The van der Waals surface area contributed by atoms with Gasteiger partial charge in [-0.25, -0.2) is 14.3 Å². The van der Waals surface area contributed by atoms with Gasteiger partial charge in [-0.15, -0.1) is 0 Å². The minimum atomic E-state index is -4.66. The monoisotopic (exact) mass is 289 g/mol. The number of hydroxylamine groups is 1. The number of carbonyl (C=O) groups is 1. The molecule has 18 heavy (non-hydrogen) atoms. The molecule has 9 heteroatoms. The summed E-state index contributed by atoms with van der Waals surface area (Å²) in [5, 5.41) is -0.555. The van der Waals surface area contributed by atoms with E-state index >= 15 is 0 Å². The normalized spacial score (nSPS) is 11.4. The summed E-state index contributed by atoms with van der Waals surface area (Å²) in [6.07, 6.45) is -4.66. The first-order valence-corrected chi connectivity index (χ1v) is 4.72. The average Bonchev–Trinajstić information content (AvgIpc) is 2.21. The number of nitrogens with one attached hydrogen (secondary N) is 1. The topological polar surface area (TPSA) is 38.3 Å². The SMILES string of the molecule is O=C(NOCC(F)(F)F)c1cc(F)c(Cl)cc1F. The zero-order valence-electron chi connectivity index (χ0n) is 8.45. The van der Waals surface area contributed by atoms with Crippen LogP contribution in [0.4, 0.5) is 22.0 Å². The Bertz CT molecular complexity index is 463. The summed E-state index contributed by atoms with van der Waals surface area (Å²) in [6.45, 7) is -1.75. The lowest BCUT2D eigenvalue weighted by molar-refractivity contribution is -0.184. The van der Waals surface area contributed by atoms with Gasteiger partial charge in [-0.1, -0.05) is 11.6 Å². The molecule has 1 amide bonds. The molecule has 0 saturated heterocycles. The highest BCUT2D eigenvalue weighted by atomic mass is 35.5. The van der Waals surface area contributed by atoms with Crippen LogP contribution < -0.4 is 5.48 Å². The second kappa shape index (κ2) is 5.49. The van der Waals surface area contributed by atoms with Crippen LogP contribution in [0.15, 0.2) is 12.1 Å². The van der Waals surface area contributed by atoms with Gasteiger partial charge >= 0.3 is 6.18 Å². The Labute approximate surface area is 102 Å². The van der Waals surface area contributed by atoms with E-state index in [1.807, 2.05) is 0 Å². The van der Waals surface area contributed by atoms with Gasteiger partial charge in [0.1, 0.15) is 11.6 Å². The molecule has 0 aliphatic carbocycles. The summed E-state index contributed by atoms with van der Waals surface area (Å²) < 4.78 is 61.1. The largest absolute Gasteiger partial charge is 0.414 e. The molecule has 3 nitrogen and oxygen atoms in total. The summed E-state index contributed by atoms with van der Waals surface area (Å²) in [4.78, 5) is 15.0. The number of alkyl halides is 3. The highest BCUT2D eigenvalue weighted by Crippen LogP contribution is 2.19. The van der Waals surface area contributed by atoms with Crippen LogP contribution in [0.5, 0.6) is 0 Å². The molecule has 0 aliphatic heterocycles. The van der Waals surface area contributed by atoms with E-state index in [0.717, 1.165) is 0 Å². The number of rotatable bonds is 3. The Balaban J connectivity index is 2.70. The molecular formula is C9H5ClF5NO2. The molecule has 0 radical (unpaired) electrons. The zero-order chi connectivity index (χ0) is 13.9. The Hall–Kier alpha value is -1.41. The van der Waals surface area contributed by atoms with E-state index in [1.54, 1.807) is 0 Å². The Kier molecular flexibility index (Phi) is 4.47. The molecule has 0 aliphatic rings. The molecule has 0 fully saturated rings. The lowest BCUT2D eigenvalue weighted by Crippen LogP contribution is -2.30. The maximum absolute atomic E-state index is 13.2. The standard InChI is InChI=1S/C9H5ClF5NO2/c10-5-2-6(11)4(1-7(5)12)8(17)16-18-3-9(13,14)15/h1-2H,3H2,(H,16,17). The van der Waals surface area contributed by atoms with E-state index in [0.29, 0.717) is 12.1 Å². The van der Waals surface area contributed by atoms with Crippen molar-refractivity contribution in [3.8, 4) is 0 Å². The fraction of sp³-hybridized carbons (Fsp3) is 0.222. The quantitative estimate of drug-likeness (QED) is 0.528. The average molecular weight is 290 g/mol. The summed E-state index contributed by atoms with van der Waals surface area (Å²) in [5.41, 5.74) is 0.514. The van der Waals surface area contributed by atoms with E-state index < -0.39 is 40.9 Å². The van der Waals surface area contributed by atoms with E-state index in [4.69, 9.17) is 11.6 Å². The minimum absolute atomic E-state index is 0.448. The fourth-order valence-electron chi connectivity index (χ4n) is 0.935. The summed E-state index contributed by atoms with van der Waals surface area (Å²) >= 11 is 5.23. The number of hydrogen-bond acceptors (Lipinski definition) is 2. The first kappa shape index (κ1) is 14.7. The van der Waals surface area contributed by atoms with Crippen LogP contribution in [-0.2, 0) is 4.84 Å². The van der Waals surface area contributed by atoms with Gasteiger partial charge < -0.3 is 0 Å². The van der Waals surface area contributed by atoms with Crippen LogP contribution in [0.25, 0.3) is 0 Å². The predicted octanol–water partition coefficient (Wildman–Crippen LogP) is 2.84. The molecule has 0 spiro atoms. The van der Waals surface area contributed by atoms with Gasteiger partial charge in [0.2, 0.25) is 0 Å². The van der Waals surface area contributed by atoms with Gasteiger partial charge in [0.05, 0.1) is 10.6 Å². The van der Waals surface area contributed by atoms with Crippen molar-refractivity contribution in [2.45, 2.75) is 6.18 Å². The van der Waals surface area contributed by atoms with Crippen molar-refractivity contribution < 1.29 is 31.6 Å². The summed E-state index contributed by atoms with van der Waals surface area (Å²) in [7, 11) is 0. The van der Waals surface area contributed by atoms with E-state index in [9.17, 15) is 26.7 Å². The summed E-state index contributed by atoms with van der Waals surface area (Å²) in [5.74, 6) is -3.62. The van der Waals surface area contributed by atoms with Crippen LogP contribution in [-0.4, -0.2) is 18.7 Å². The molecule has 1 aromatic rings. The van der Waals surface area contributed by atoms with Crippen molar-refractivity contribution in [3.05, 3.63) is 34.4 Å². The maximum atomic E-state index is 13.2. The van der Waals surface area contributed by atoms with Gasteiger partial charge in [-0.2, -0.15) is 13.2 Å².